The van der Waals surface area contributed by atoms with E-state index in [0.29, 0.717) is 24.3 Å². The zero-order valence-electron chi connectivity index (χ0n) is 15.3. The Morgan fingerprint density at radius 2 is 1.89 bits per heavy atom. The van der Waals surface area contributed by atoms with E-state index in [-0.39, 0.29) is 5.75 Å². The van der Waals surface area contributed by atoms with Crippen molar-refractivity contribution in [2.45, 2.75) is 26.6 Å². The van der Waals surface area contributed by atoms with Gasteiger partial charge in [0.25, 0.3) is 0 Å². The minimum atomic E-state index is -0.749. The Labute approximate surface area is 156 Å². The number of carbonyl (C=O) groups is 1. The van der Waals surface area contributed by atoms with E-state index in [2.05, 4.69) is 16.8 Å². The number of benzene rings is 2. The maximum Gasteiger partial charge on any atom is 0.335 e. The van der Waals surface area contributed by atoms with Crippen LogP contribution >= 0.6 is 0 Å². The lowest BCUT2D eigenvalue weighted by Gasteiger charge is -2.18. The number of aromatic nitrogens is 3. The predicted molar refractivity (Wildman–Crippen MR) is 101 cm³/mol. The number of aromatic hydroxyl groups is 1. The average Bonchev–Trinajstić information content (AvgIpc) is 3.07. The smallest absolute Gasteiger partial charge is 0.335 e. The molecular weight excluding hydrogens is 346 g/mol. The summed E-state index contributed by atoms with van der Waals surface area (Å²) in [6.07, 6.45) is -0.428. The number of fused-ring (bicyclic) bond motifs is 1. The molecule has 0 bridgehead atoms. The molecule has 27 heavy (non-hydrogen) atoms. The topological polar surface area (TPSA) is 86.5 Å². The molecule has 0 aliphatic rings. The van der Waals surface area contributed by atoms with Crippen molar-refractivity contribution in [3.8, 4) is 11.4 Å². The summed E-state index contributed by atoms with van der Waals surface area (Å²) >= 11 is 0. The van der Waals surface area contributed by atoms with Crippen molar-refractivity contribution < 1.29 is 19.4 Å². The van der Waals surface area contributed by atoms with E-state index in [1.165, 1.54) is 4.80 Å². The van der Waals surface area contributed by atoms with Crippen LogP contribution in [0.25, 0.3) is 16.7 Å². The number of ether oxygens (including phenoxy) is 2. The Morgan fingerprint density at radius 1 is 1.22 bits per heavy atom. The molecule has 1 unspecified atom stereocenters. The minimum absolute atomic E-state index is 0.0472. The monoisotopic (exact) mass is 367 g/mol. The van der Waals surface area contributed by atoms with Gasteiger partial charge in [-0.2, -0.15) is 0 Å². The fourth-order valence-electron chi connectivity index (χ4n) is 2.56. The number of esters is 1. The second-order valence-electron chi connectivity index (χ2n) is 6.08. The van der Waals surface area contributed by atoms with Crippen molar-refractivity contribution >= 4 is 17.0 Å². The number of carbonyl (C=O) groups excluding carboxylic acids is 1. The Bertz CT molecular complexity index is 947. The molecule has 1 N–H and O–H groups in total. The van der Waals surface area contributed by atoms with Crippen LogP contribution in [0.5, 0.6) is 5.75 Å². The summed E-state index contributed by atoms with van der Waals surface area (Å²) in [4.78, 5) is 13.2. The largest absolute Gasteiger partial charge is 0.506 e. The number of phenols is 1. The highest BCUT2D eigenvalue weighted by Gasteiger charge is 2.17. The van der Waals surface area contributed by atoms with Gasteiger partial charge in [-0.3, -0.25) is 0 Å². The molecule has 7 heteroatoms. The Hall–Kier alpha value is -3.19. The van der Waals surface area contributed by atoms with Gasteiger partial charge in [0, 0.05) is 18.6 Å². The van der Waals surface area contributed by atoms with Crippen LogP contribution in [0, 0.1) is 0 Å². The second kappa shape index (κ2) is 8.01. The van der Waals surface area contributed by atoms with Crippen LogP contribution in [0.15, 0.2) is 54.6 Å². The SMILES string of the molecule is C=C(C)C(=O)OC(Cc1ccc(O)c(-n2nc3ccccc3n2)c1)OCC. The zero-order valence-corrected chi connectivity index (χ0v) is 15.3. The van der Waals surface area contributed by atoms with Crippen LogP contribution in [0.3, 0.4) is 0 Å². The lowest BCUT2D eigenvalue weighted by Crippen LogP contribution is -2.24. The van der Waals surface area contributed by atoms with Gasteiger partial charge in [-0.15, -0.1) is 15.0 Å². The minimum Gasteiger partial charge on any atom is -0.506 e. The summed E-state index contributed by atoms with van der Waals surface area (Å²) in [7, 11) is 0. The normalized spacial score (nSPS) is 12.1. The zero-order chi connectivity index (χ0) is 19.4. The first-order valence-electron chi connectivity index (χ1n) is 8.60. The fraction of sp³-hybridized carbons (Fsp3) is 0.250. The summed E-state index contributed by atoms with van der Waals surface area (Å²) in [5, 5.41) is 19.0. The Balaban J connectivity index is 1.87. The van der Waals surface area contributed by atoms with E-state index in [1.54, 1.807) is 25.1 Å². The van der Waals surface area contributed by atoms with Gasteiger partial charge in [0.2, 0.25) is 6.29 Å². The van der Waals surface area contributed by atoms with Crippen LogP contribution in [-0.2, 0) is 20.7 Å². The van der Waals surface area contributed by atoms with Gasteiger partial charge < -0.3 is 14.6 Å². The highest BCUT2D eigenvalue weighted by molar-refractivity contribution is 5.87. The molecule has 140 valence electrons. The number of nitrogens with zero attached hydrogens (tertiary/aromatic N) is 3. The highest BCUT2D eigenvalue weighted by Crippen LogP contribution is 2.24. The van der Waals surface area contributed by atoms with Gasteiger partial charge in [-0.05, 0) is 43.7 Å². The van der Waals surface area contributed by atoms with Gasteiger partial charge >= 0.3 is 5.97 Å². The van der Waals surface area contributed by atoms with Crippen molar-refractivity contribution in [1.82, 2.24) is 15.0 Å². The van der Waals surface area contributed by atoms with Gasteiger partial charge in [-0.25, -0.2) is 4.79 Å². The van der Waals surface area contributed by atoms with E-state index in [0.717, 1.165) is 16.6 Å². The third-order valence-electron chi connectivity index (χ3n) is 3.88. The summed E-state index contributed by atoms with van der Waals surface area (Å²) in [5.74, 6) is -0.460. The van der Waals surface area contributed by atoms with E-state index < -0.39 is 12.3 Å². The third-order valence-corrected chi connectivity index (χ3v) is 3.88. The molecule has 1 heterocycles. The van der Waals surface area contributed by atoms with Crippen LogP contribution < -0.4 is 0 Å². The van der Waals surface area contributed by atoms with E-state index in [9.17, 15) is 9.90 Å². The Morgan fingerprint density at radius 3 is 2.48 bits per heavy atom. The van der Waals surface area contributed by atoms with Crippen LogP contribution in [0.1, 0.15) is 19.4 Å². The molecule has 3 rings (SSSR count). The molecule has 2 aromatic carbocycles. The first-order chi connectivity index (χ1) is 13.0. The molecule has 0 aliphatic heterocycles. The number of rotatable bonds is 7. The molecule has 0 amide bonds. The molecular formula is C20H21N3O4. The molecule has 0 saturated carbocycles. The lowest BCUT2D eigenvalue weighted by atomic mass is 10.1. The number of hydrogen-bond donors (Lipinski definition) is 1. The van der Waals surface area contributed by atoms with E-state index >= 15 is 0 Å². The van der Waals surface area contributed by atoms with Crippen molar-refractivity contribution in [1.29, 1.82) is 0 Å². The number of phenolic OH excluding ortho intramolecular Hbond substituents is 1. The maximum absolute atomic E-state index is 11.8. The standard InChI is InChI=1S/C20H21N3O4/c1-4-26-19(27-20(25)13(2)3)12-14-9-10-18(24)17(11-14)23-21-15-7-5-6-8-16(15)22-23/h5-11,19,24H,2,4,12H2,1,3H3. The first-order valence-corrected chi connectivity index (χ1v) is 8.60. The third kappa shape index (κ3) is 4.32. The van der Waals surface area contributed by atoms with Gasteiger partial charge in [0.15, 0.2) is 0 Å². The maximum atomic E-state index is 11.8. The Kier molecular flexibility index (Phi) is 5.52. The van der Waals surface area contributed by atoms with Crippen molar-refractivity contribution in [3.05, 3.63) is 60.2 Å². The second-order valence-corrected chi connectivity index (χ2v) is 6.08. The quantitative estimate of drug-likeness (QED) is 0.392. The van der Waals surface area contributed by atoms with Crippen LogP contribution in [0.2, 0.25) is 0 Å². The summed E-state index contributed by atoms with van der Waals surface area (Å²) in [5.41, 5.74) is 3.00. The van der Waals surface area contributed by atoms with Gasteiger partial charge in [0.05, 0.1) is 0 Å². The molecule has 3 aromatic rings. The molecule has 1 aromatic heterocycles. The van der Waals surface area contributed by atoms with Crippen molar-refractivity contribution in [2.24, 2.45) is 0 Å². The van der Waals surface area contributed by atoms with Crippen LogP contribution in [0.4, 0.5) is 0 Å². The van der Waals surface area contributed by atoms with Gasteiger partial charge in [-0.1, -0.05) is 24.8 Å². The van der Waals surface area contributed by atoms with Crippen molar-refractivity contribution in [3.63, 3.8) is 0 Å². The predicted octanol–water partition coefficient (Wildman–Crippen LogP) is 3.15. The molecule has 0 radical (unpaired) electrons. The summed E-state index contributed by atoms with van der Waals surface area (Å²) in [6.45, 7) is 7.38. The molecule has 1 atom stereocenters. The van der Waals surface area contributed by atoms with Crippen LogP contribution in [-0.4, -0.2) is 39.0 Å². The fourth-order valence-corrected chi connectivity index (χ4v) is 2.56. The molecule has 0 aliphatic carbocycles. The van der Waals surface area contributed by atoms with E-state index in [1.807, 2.05) is 31.2 Å². The lowest BCUT2D eigenvalue weighted by molar-refractivity contribution is -0.172. The average molecular weight is 367 g/mol. The van der Waals surface area contributed by atoms with Gasteiger partial charge in [0.1, 0.15) is 22.5 Å². The molecule has 0 saturated heterocycles. The van der Waals surface area contributed by atoms with E-state index in [4.69, 9.17) is 9.47 Å². The molecule has 0 fully saturated rings. The summed E-state index contributed by atoms with van der Waals surface area (Å²) < 4.78 is 10.8. The highest BCUT2D eigenvalue weighted by atomic mass is 16.7. The number of hydrogen-bond acceptors (Lipinski definition) is 6. The van der Waals surface area contributed by atoms with Crippen molar-refractivity contribution in [2.75, 3.05) is 6.61 Å². The molecule has 7 nitrogen and oxygen atoms in total. The molecule has 0 spiro atoms. The first kappa shape index (κ1) is 18.6. The summed E-state index contributed by atoms with van der Waals surface area (Å²) in [6, 6.07) is 12.5.